The molecule has 2 aromatic heterocycles. The van der Waals surface area contributed by atoms with Gasteiger partial charge in [0, 0.05) is 17.8 Å². The van der Waals surface area contributed by atoms with Gasteiger partial charge in [0.05, 0.1) is 39.8 Å². The van der Waals surface area contributed by atoms with Gasteiger partial charge in [-0.2, -0.15) is 0 Å². The fourth-order valence-electron chi connectivity index (χ4n) is 3.40. The third-order valence-electron chi connectivity index (χ3n) is 4.99. The van der Waals surface area contributed by atoms with Crippen LogP contribution < -0.4 is 14.2 Å². The molecule has 1 saturated carbocycles. The molecule has 1 fully saturated rings. The number of rotatable bonds is 7. The maximum atomic E-state index is 13.4. The van der Waals surface area contributed by atoms with Gasteiger partial charge >= 0.3 is 0 Å². The molecule has 0 spiro atoms. The number of carbonyl (C=O) groups excluding carboxylic acids is 1. The maximum absolute atomic E-state index is 13.4. The lowest BCUT2D eigenvalue weighted by Gasteiger charge is -2.23. The molecule has 0 radical (unpaired) electrons. The van der Waals surface area contributed by atoms with Crippen LogP contribution in [0.3, 0.4) is 0 Å². The van der Waals surface area contributed by atoms with Gasteiger partial charge in [0.1, 0.15) is 5.65 Å². The van der Waals surface area contributed by atoms with Crippen molar-refractivity contribution in [3.8, 4) is 17.2 Å². The summed E-state index contributed by atoms with van der Waals surface area (Å²) in [5.74, 6) is 1.35. The third kappa shape index (κ3) is 3.24. The normalized spacial score (nSPS) is 13.4. The first kappa shape index (κ1) is 18.2. The minimum atomic E-state index is -0.0624. The van der Waals surface area contributed by atoms with E-state index in [1.54, 1.807) is 33.5 Å². The summed E-state index contributed by atoms with van der Waals surface area (Å²) in [7, 11) is 4.63. The van der Waals surface area contributed by atoms with Crippen LogP contribution in [0.4, 0.5) is 0 Å². The molecule has 1 amide bonds. The quantitative estimate of drug-likeness (QED) is 0.629. The minimum absolute atomic E-state index is 0.0624. The number of carbonyl (C=O) groups is 1. The topological polar surface area (TPSA) is 65.3 Å². The van der Waals surface area contributed by atoms with Crippen molar-refractivity contribution in [3.63, 3.8) is 0 Å². The van der Waals surface area contributed by atoms with Gasteiger partial charge in [0.2, 0.25) is 5.75 Å². The molecule has 0 saturated heterocycles. The maximum Gasteiger partial charge on any atom is 0.254 e. The van der Waals surface area contributed by atoms with Crippen molar-refractivity contribution in [1.82, 2.24) is 14.3 Å². The number of pyridine rings is 1. The Morgan fingerprint density at radius 3 is 2.46 bits per heavy atom. The largest absolute Gasteiger partial charge is 0.493 e. The van der Waals surface area contributed by atoms with Gasteiger partial charge in [0.15, 0.2) is 11.5 Å². The average molecular weight is 381 g/mol. The van der Waals surface area contributed by atoms with E-state index in [2.05, 4.69) is 4.98 Å². The standard InChI is InChI=1S/C21H23N3O4/c1-26-17-10-14(11-18(27-2)20(17)28-3)21(25)24(15-7-8-15)13-16-12-22-19-6-4-5-9-23(16)19/h4-6,9-12,15H,7-8,13H2,1-3H3. The molecule has 0 N–H and O–H groups in total. The molecular formula is C21H23N3O4. The zero-order chi connectivity index (χ0) is 19.7. The lowest BCUT2D eigenvalue weighted by Crippen LogP contribution is -2.33. The van der Waals surface area contributed by atoms with Crippen molar-refractivity contribution in [3.05, 3.63) is 54.0 Å². The molecular weight excluding hydrogens is 358 g/mol. The Kier molecular flexibility index (Phi) is 4.81. The molecule has 1 aliphatic carbocycles. The number of hydrogen-bond acceptors (Lipinski definition) is 5. The number of imidazole rings is 1. The summed E-state index contributed by atoms with van der Waals surface area (Å²) < 4.78 is 18.2. The number of amides is 1. The summed E-state index contributed by atoms with van der Waals surface area (Å²) in [5, 5.41) is 0. The van der Waals surface area contributed by atoms with Crippen LogP contribution in [0.25, 0.3) is 5.65 Å². The summed E-state index contributed by atoms with van der Waals surface area (Å²) in [5.41, 5.74) is 2.35. The van der Waals surface area contributed by atoms with Crippen molar-refractivity contribution >= 4 is 11.6 Å². The fraction of sp³-hybridized carbons (Fsp3) is 0.333. The van der Waals surface area contributed by atoms with Crippen LogP contribution in [-0.2, 0) is 6.54 Å². The van der Waals surface area contributed by atoms with Crippen LogP contribution in [0, 0.1) is 0 Å². The second kappa shape index (κ2) is 7.42. The first-order valence-electron chi connectivity index (χ1n) is 9.18. The molecule has 146 valence electrons. The predicted molar refractivity (Wildman–Crippen MR) is 104 cm³/mol. The monoisotopic (exact) mass is 381 g/mol. The van der Waals surface area contributed by atoms with E-state index in [9.17, 15) is 4.79 Å². The second-order valence-electron chi connectivity index (χ2n) is 6.76. The number of benzene rings is 1. The molecule has 4 rings (SSSR count). The summed E-state index contributed by atoms with van der Waals surface area (Å²) in [4.78, 5) is 19.7. The van der Waals surface area contributed by atoms with Gasteiger partial charge in [-0.3, -0.25) is 4.79 Å². The van der Waals surface area contributed by atoms with E-state index >= 15 is 0 Å². The number of aromatic nitrogens is 2. The Morgan fingerprint density at radius 1 is 1.14 bits per heavy atom. The van der Waals surface area contributed by atoms with E-state index in [1.807, 2.05) is 39.9 Å². The molecule has 0 aliphatic heterocycles. The highest BCUT2D eigenvalue weighted by molar-refractivity contribution is 5.96. The zero-order valence-electron chi connectivity index (χ0n) is 16.2. The lowest BCUT2D eigenvalue weighted by atomic mass is 10.1. The van der Waals surface area contributed by atoms with Crippen molar-refractivity contribution < 1.29 is 19.0 Å². The highest BCUT2D eigenvalue weighted by Crippen LogP contribution is 2.39. The predicted octanol–water partition coefficient (Wildman–Crippen LogP) is 3.16. The summed E-state index contributed by atoms with van der Waals surface area (Å²) in [6.45, 7) is 0.491. The van der Waals surface area contributed by atoms with E-state index in [0.29, 0.717) is 29.4 Å². The molecule has 7 nitrogen and oxygen atoms in total. The van der Waals surface area contributed by atoms with Crippen molar-refractivity contribution in [2.75, 3.05) is 21.3 Å². The van der Waals surface area contributed by atoms with Crippen molar-refractivity contribution in [2.45, 2.75) is 25.4 Å². The fourth-order valence-corrected chi connectivity index (χ4v) is 3.40. The molecule has 0 bridgehead atoms. The molecule has 3 aromatic rings. The van der Waals surface area contributed by atoms with Gasteiger partial charge in [-0.15, -0.1) is 0 Å². The summed E-state index contributed by atoms with van der Waals surface area (Å²) >= 11 is 0. The number of fused-ring (bicyclic) bond motifs is 1. The lowest BCUT2D eigenvalue weighted by molar-refractivity contribution is 0.0726. The Morgan fingerprint density at radius 2 is 1.86 bits per heavy atom. The minimum Gasteiger partial charge on any atom is -0.493 e. The Labute approximate surface area is 163 Å². The van der Waals surface area contributed by atoms with E-state index < -0.39 is 0 Å². The molecule has 7 heteroatoms. The van der Waals surface area contributed by atoms with E-state index in [0.717, 1.165) is 24.2 Å². The first-order chi connectivity index (χ1) is 13.7. The van der Waals surface area contributed by atoms with Gasteiger partial charge < -0.3 is 23.5 Å². The van der Waals surface area contributed by atoms with Crippen LogP contribution >= 0.6 is 0 Å². The van der Waals surface area contributed by atoms with E-state index in [4.69, 9.17) is 14.2 Å². The number of hydrogen-bond donors (Lipinski definition) is 0. The second-order valence-corrected chi connectivity index (χ2v) is 6.76. The first-order valence-corrected chi connectivity index (χ1v) is 9.18. The van der Waals surface area contributed by atoms with Gasteiger partial charge in [-0.05, 0) is 37.1 Å². The van der Waals surface area contributed by atoms with Crippen LogP contribution in [0.5, 0.6) is 17.2 Å². The van der Waals surface area contributed by atoms with Crippen LogP contribution in [-0.4, -0.2) is 47.6 Å². The van der Waals surface area contributed by atoms with Crippen molar-refractivity contribution in [1.29, 1.82) is 0 Å². The van der Waals surface area contributed by atoms with Gasteiger partial charge in [-0.25, -0.2) is 4.98 Å². The molecule has 2 heterocycles. The molecule has 1 aromatic carbocycles. The Hall–Kier alpha value is -3.22. The van der Waals surface area contributed by atoms with E-state index in [-0.39, 0.29) is 11.9 Å². The molecule has 0 unspecified atom stereocenters. The van der Waals surface area contributed by atoms with Crippen LogP contribution in [0.2, 0.25) is 0 Å². The van der Waals surface area contributed by atoms with Gasteiger partial charge in [-0.1, -0.05) is 6.07 Å². The Bertz CT molecular complexity index is 985. The molecule has 0 atom stereocenters. The van der Waals surface area contributed by atoms with Crippen molar-refractivity contribution in [2.24, 2.45) is 0 Å². The SMILES string of the molecule is COc1cc(C(=O)N(Cc2cnc3ccccn23)C2CC2)cc(OC)c1OC. The third-order valence-corrected chi connectivity index (χ3v) is 4.99. The smallest absolute Gasteiger partial charge is 0.254 e. The zero-order valence-corrected chi connectivity index (χ0v) is 16.2. The molecule has 28 heavy (non-hydrogen) atoms. The number of nitrogens with zero attached hydrogens (tertiary/aromatic N) is 3. The highest BCUT2D eigenvalue weighted by Gasteiger charge is 2.34. The van der Waals surface area contributed by atoms with E-state index in [1.165, 1.54) is 0 Å². The van der Waals surface area contributed by atoms with Gasteiger partial charge in [0.25, 0.3) is 5.91 Å². The highest BCUT2D eigenvalue weighted by atomic mass is 16.5. The Balaban J connectivity index is 1.68. The number of methoxy groups -OCH3 is 3. The number of ether oxygens (including phenoxy) is 3. The van der Waals surface area contributed by atoms with Crippen LogP contribution in [0.15, 0.2) is 42.7 Å². The molecule has 1 aliphatic rings. The average Bonchev–Trinajstić information content (AvgIpc) is 3.50. The summed E-state index contributed by atoms with van der Waals surface area (Å²) in [6.07, 6.45) is 5.81. The van der Waals surface area contributed by atoms with Crippen LogP contribution in [0.1, 0.15) is 28.9 Å². The summed E-state index contributed by atoms with van der Waals surface area (Å²) in [6, 6.07) is 9.50.